The molecule has 1 aromatic heterocycles. The number of nitrogens with two attached hydrogens (primary N) is 1. The first kappa shape index (κ1) is 14.9. The third kappa shape index (κ3) is 3.77. The fourth-order valence-electron chi connectivity index (χ4n) is 1.75. The Hall–Kier alpha value is -1.46. The number of halogens is 1. The lowest BCUT2D eigenvalue weighted by Crippen LogP contribution is -2.09. The van der Waals surface area contributed by atoms with Gasteiger partial charge in [-0.15, -0.1) is 0 Å². The normalized spacial score (nSPS) is 10.8. The second-order valence-corrected chi connectivity index (χ2v) is 5.73. The molecule has 0 radical (unpaired) electrons. The molecule has 0 aliphatic carbocycles. The minimum absolute atomic E-state index is 0.277. The first-order valence-corrected chi connectivity index (χ1v) is 7.32. The number of aromatic nitrogens is 2. The van der Waals surface area contributed by atoms with Gasteiger partial charge >= 0.3 is 0 Å². The number of benzene rings is 1. The number of hydrogen-bond acceptors (Lipinski definition) is 4. The summed E-state index contributed by atoms with van der Waals surface area (Å²) in [4.78, 5) is 8.77. The summed E-state index contributed by atoms with van der Waals surface area (Å²) in [6, 6.07) is 7.99. The Labute approximate surface area is 127 Å². The second kappa shape index (κ2) is 6.81. The van der Waals surface area contributed by atoms with E-state index in [4.69, 9.17) is 10.5 Å². The van der Waals surface area contributed by atoms with Gasteiger partial charge in [-0.3, -0.25) is 0 Å². The van der Waals surface area contributed by atoms with Crippen molar-refractivity contribution in [3.05, 3.63) is 52.0 Å². The van der Waals surface area contributed by atoms with Crippen LogP contribution in [0.15, 0.2) is 34.9 Å². The largest absolute Gasteiger partial charge is 0.485 e. The third-order valence-corrected chi connectivity index (χ3v) is 3.33. The van der Waals surface area contributed by atoms with E-state index in [1.54, 1.807) is 6.20 Å². The van der Waals surface area contributed by atoms with Gasteiger partial charge < -0.3 is 10.5 Å². The van der Waals surface area contributed by atoms with Crippen LogP contribution in [0.4, 0.5) is 0 Å². The molecule has 0 aliphatic rings. The maximum absolute atomic E-state index is 5.78. The predicted octanol–water partition coefficient (Wildman–Crippen LogP) is 3.40. The van der Waals surface area contributed by atoms with Gasteiger partial charge in [-0.25, -0.2) is 9.97 Å². The van der Waals surface area contributed by atoms with Gasteiger partial charge in [0.2, 0.25) is 0 Å². The number of hydrogen-bond donors (Lipinski definition) is 1. The van der Waals surface area contributed by atoms with E-state index in [-0.39, 0.29) is 5.92 Å². The highest BCUT2D eigenvalue weighted by Crippen LogP contribution is 2.20. The van der Waals surface area contributed by atoms with Crippen LogP contribution in [0.3, 0.4) is 0 Å². The molecule has 2 rings (SSSR count). The molecule has 1 aromatic carbocycles. The molecule has 2 N–H and O–H groups in total. The van der Waals surface area contributed by atoms with E-state index in [1.807, 2.05) is 24.3 Å². The summed E-state index contributed by atoms with van der Waals surface area (Å²) in [6.07, 6.45) is 1.71. The van der Waals surface area contributed by atoms with Crippen molar-refractivity contribution in [3.63, 3.8) is 0 Å². The molecule has 5 heteroatoms. The predicted molar refractivity (Wildman–Crippen MR) is 82.5 cm³/mol. The molecule has 0 fully saturated rings. The number of nitrogens with zero attached hydrogens (tertiary/aromatic N) is 2. The first-order valence-electron chi connectivity index (χ1n) is 6.53. The van der Waals surface area contributed by atoms with Crippen LogP contribution in [-0.2, 0) is 13.2 Å². The SMILES string of the molecule is CC(C)c1ncc(OCc2cccc(Br)c2)c(CN)n1. The van der Waals surface area contributed by atoms with E-state index >= 15 is 0 Å². The minimum atomic E-state index is 0.277. The molecule has 0 saturated carbocycles. The standard InChI is InChI=1S/C15H18BrN3O/c1-10(2)15-18-8-14(13(7-17)19-15)20-9-11-4-3-5-12(16)6-11/h3-6,8,10H,7,9,17H2,1-2H3. The molecule has 0 spiro atoms. The molecule has 0 amide bonds. The van der Waals surface area contributed by atoms with Crippen molar-refractivity contribution < 1.29 is 4.74 Å². The van der Waals surface area contributed by atoms with Crippen LogP contribution < -0.4 is 10.5 Å². The zero-order chi connectivity index (χ0) is 14.5. The maximum atomic E-state index is 5.78. The van der Waals surface area contributed by atoms with Crippen LogP contribution in [0.5, 0.6) is 5.75 Å². The van der Waals surface area contributed by atoms with Crippen molar-refractivity contribution in [1.82, 2.24) is 9.97 Å². The third-order valence-electron chi connectivity index (χ3n) is 2.84. The van der Waals surface area contributed by atoms with E-state index in [0.717, 1.165) is 21.6 Å². The molecule has 1 heterocycles. The minimum Gasteiger partial charge on any atom is -0.485 e. The van der Waals surface area contributed by atoms with E-state index < -0.39 is 0 Å². The zero-order valence-electron chi connectivity index (χ0n) is 11.6. The van der Waals surface area contributed by atoms with E-state index in [0.29, 0.717) is 18.9 Å². The average molecular weight is 336 g/mol. The maximum Gasteiger partial charge on any atom is 0.160 e. The summed E-state index contributed by atoms with van der Waals surface area (Å²) in [5, 5.41) is 0. The first-order chi connectivity index (χ1) is 9.60. The highest BCUT2D eigenvalue weighted by atomic mass is 79.9. The van der Waals surface area contributed by atoms with Crippen LogP contribution in [0.1, 0.15) is 36.8 Å². The number of ether oxygens (including phenoxy) is 1. The van der Waals surface area contributed by atoms with Crippen LogP contribution in [0.25, 0.3) is 0 Å². The summed E-state index contributed by atoms with van der Waals surface area (Å²) in [6.45, 7) is 4.92. The molecule has 20 heavy (non-hydrogen) atoms. The van der Waals surface area contributed by atoms with Crippen LogP contribution in [0, 0.1) is 0 Å². The van der Waals surface area contributed by atoms with Crippen LogP contribution >= 0.6 is 15.9 Å². The van der Waals surface area contributed by atoms with Gasteiger partial charge in [0.05, 0.1) is 11.9 Å². The Balaban J connectivity index is 2.13. The van der Waals surface area contributed by atoms with Crippen molar-refractivity contribution in [2.75, 3.05) is 0 Å². The van der Waals surface area contributed by atoms with Gasteiger partial charge in [0, 0.05) is 16.9 Å². The van der Waals surface area contributed by atoms with Crippen molar-refractivity contribution in [1.29, 1.82) is 0 Å². The monoisotopic (exact) mass is 335 g/mol. The zero-order valence-corrected chi connectivity index (χ0v) is 13.2. The summed E-state index contributed by atoms with van der Waals surface area (Å²) < 4.78 is 6.81. The number of rotatable bonds is 5. The molecular weight excluding hydrogens is 318 g/mol. The van der Waals surface area contributed by atoms with Gasteiger partial charge in [-0.1, -0.05) is 41.9 Å². The van der Waals surface area contributed by atoms with Crippen LogP contribution in [-0.4, -0.2) is 9.97 Å². The lowest BCUT2D eigenvalue weighted by atomic mass is 10.2. The molecule has 0 unspecified atom stereocenters. The summed E-state index contributed by atoms with van der Waals surface area (Å²) in [7, 11) is 0. The Morgan fingerprint density at radius 3 is 2.80 bits per heavy atom. The topological polar surface area (TPSA) is 61.0 Å². The van der Waals surface area contributed by atoms with Crippen LogP contribution in [0.2, 0.25) is 0 Å². The summed E-state index contributed by atoms with van der Waals surface area (Å²) >= 11 is 3.44. The molecule has 2 aromatic rings. The van der Waals surface area contributed by atoms with Crippen molar-refractivity contribution in [3.8, 4) is 5.75 Å². The molecule has 4 nitrogen and oxygen atoms in total. The van der Waals surface area contributed by atoms with Crippen molar-refractivity contribution in [2.45, 2.75) is 32.9 Å². The lowest BCUT2D eigenvalue weighted by molar-refractivity contribution is 0.299. The highest BCUT2D eigenvalue weighted by molar-refractivity contribution is 9.10. The second-order valence-electron chi connectivity index (χ2n) is 4.82. The average Bonchev–Trinajstić information content (AvgIpc) is 2.45. The Bertz CT molecular complexity index is 587. The van der Waals surface area contributed by atoms with Gasteiger partial charge in [-0.05, 0) is 17.7 Å². The molecule has 0 atom stereocenters. The molecule has 0 aliphatic heterocycles. The molecule has 0 saturated heterocycles. The molecule has 106 valence electrons. The summed E-state index contributed by atoms with van der Waals surface area (Å²) in [5.74, 6) is 1.72. The Kier molecular flexibility index (Phi) is 5.09. The molecular formula is C15H18BrN3O. The highest BCUT2D eigenvalue weighted by Gasteiger charge is 2.09. The Morgan fingerprint density at radius 1 is 1.35 bits per heavy atom. The van der Waals surface area contributed by atoms with E-state index in [1.165, 1.54) is 0 Å². The van der Waals surface area contributed by atoms with E-state index in [2.05, 4.69) is 39.7 Å². The smallest absolute Gasteiger partial charge is 0.160 e. The molecule has 0 bridgehead atoms. The van der Waals surface area contributed by atoms with Gasteiger partial charge in [0.15, 0.2) is 5.75 Å². The van der Waals surface area contributed by atoms with Gasteiger partial charge in [-0.2, -0.15) is 0 Å². The summed E-state index contributed by atoms with van der Waals surface area (Å²) in [5.41, 5.74) is 7.56. The van der Waals surface area contributed by atoms with Gasteiger partial charge in [0.1, 0.15) is 12.4 Å². The fraction of sp³-hybridized carbons (Fsp3) is 0.333. The quantitative estimate of drug-likeness (QED) is 0.909. The van der Waals surface area contributed by atoms with Gasteiger partial charge in [0.25, 0.3) is 0 Å². The van der Waals surface area contributed by atoms with E-state index in [9.17, 15) is 0 Å². The Morgan fingerprint density at radius 2 is 2.15 bits per heavy atom. The lowest BCUT2D eigenvalue weighted by Gasteiger charge is -2.12. The fourth-order valence-corrected chi connectivity index (χ4v) is 2.20. The van der Waals surface area contributed by atoms with Crippen molar-refractivity contribution in [2.24, 2.45) is 5.73 Å². The van der Waals surface area contributed by atoms with Crippen molar-refractivity contribution >= 4 is 15.9 Å².